The summed E-state index contributed by atoms with van der Waals surface area (Å²) in [5.74, 6) is 0.740. The predicted molar refractivity (Wildman–Crippen MR) is 112 cm³/mol. The van der Waals surface area contributed by atoms with Gasteiger partial charge in [-0.1, -0.05) is 48.3 Å². The van der Waals surface area contributed by atoms with E-state index in [4.69, 9.17) is 4.42 Å². The Bertz CT molecular complexity index is 1190. The first-order chi connectivity index (χ1) is 14.0. The number of carbonyl (C=O) groups is 1. The number of carbonyl (C=O) groups excluding carboxylic acids is 1. The van der Waals surface area contributed by atoms with Crippen LogP contribution in [0.25, 0.3) is 4.96 Å². The second-order valence-corrected chi connectivity index (χ2v) is 9.71. The summed E-state index contributed by atoms with van der Waals surface area (Å²) in [7, 11) is 0. The minimum Gasteiger partial charge on any atom is -0.459 e. The highest BCUT2D eigenvalue weighted by atomic mass is 32.2. The number of hydrogen-bond acceptors (Lipinski definition) is 10. The molecule has 0 atom stereocenters. The second kappa shape index (κ2) is 8.43. The van der Waals surface area contributed by atoms with Gasteiger partial charge in [0.15, 0.2) is 10.1 Å². The van der Waals surface area contributed by atoms with Crippen molar-refractivity contribution in [1.82, 2.24) is 24.8 Å². The van der Waals surface area contributed by atoms with Gasteiger partial charge in [0.1, 0.15) is 5.01 Å². The molecule has 4 aromatic heterocycles. The Balaban J connectivity index is 1.42. The molecule has 0 saturated carbocycles. The van der Waals surface area contributed by atoms with Gasteiger partial charge < -0.3 is 4.42 Å². The SMILES string of the molecule is CC(C)Cc1nn2c(=O)cc(CSc3nnc(NC(=O)c4ccco4)s3)nc2s1. The van der Waals surface area contributed by atoms with Crippen LogP contribution in [0.15, 0.2) is 38.0 Å². The molecule has 29 heavy (non-hydrogen) atoms. The fourth-order valence-corrected chi connectivity index (χ4v) is 5.19. The van der Waals surface area contributed by atoms with Crippen LogP contribution in [-0.4, -0.2) is 30.7 Å². The first kappa shape index (κ1) is 19.7. The standard InChI is InChI=1S/C17H16N6O3S3/c1-9(2)6-12-22-23-13(24)7-10(18-16(23)28-12)8-27-17-21-20-15(29-17)19-14(25)11-4-3-5-26-11/h3-5,7,9H,6,8H2,1-2H3,(H,19,20,25). The van der Waals surface area contributed by atoms with Crippen molar-refractivity contribution in [2.24, 2.45) is 5.92 Å². The van der Waals surface area contributed by atoms with E-state index >= 15 is 0 Å². The fourth-order valence-electron chi connectivity index (χ4n) is 2.42. The highest BCUT2D eigenvalue weighted by Gasteiger charge is 2.14. The van der Waals surface area contributed by atoms with Crippen molar-refractivity contribution >= 4 is 50.4 Å². The van der Waals surface area contributed by atoms with E-state index in [1.165, 1.54) is 51.3 Å². The third-order valence-corrected chi connectivity index (χ3v) is 6.57. The topological polar surface area (TPSA) is 115 Å². The van der Waals surface area contributed by atoms with Crippen LogP contribution in [0.4, 0.5) is 5.13 Å². The highest BCUT2D eigenvalue weighted by molar-refractivity contribution is 8.00. The third-order valence-electron chi connectivity index (χ3n) is 3.64. The summed E-state index contributed by atoms with van der Waals surface area (Å²) in [6.07, 6.45) is 2.24. The van der Waals surface area contributed by atoms with Crippen molar-refractivity contribution in [1.29, 1.82) is 0 Å². The van der Waals surface area contributed by atoms with Gasteiger partial charge in [-0.15, -0.1) is 10.2 Å². The zero-order valence-corrected chi connectivity index (χ0v) is 17.9. The molecule has 0 aliphatic heterocycles. The van der Waals surface area contributed by atoms with E-state index < -0.39 is 0 Å². The van der Waals surface area contributed by atoms with Crippen LogP contribution in [-0.2, 0) is 12.2 Å². The van der Waals surface area contributed by atoms with E-state index in [1.807, 2.05) is 0 Å². The molecule has 0 bridgehead atoms. The van der Waals surface area contributed by atoms with Crippen molar-refractivity contribution in [3.8, 4) is 0 Å². The van der Waals surface area contributed by atoms with Gasteiger partial charge in [-0.2, -0.15) is 9.61 Å². The monoisotopic (exact) mass is 448 g/mol. The zero-order valence-electron chi connectivity index (χ0n) is 15.5. The predicted octanol–water partition coefficient (Wildman–Crippen LogP) is 3.34. The van der Waals surface area contributed by atoms with Crippen LogP contribution >= 0.6 is 34.4 Å². The van der Waals surface area contributed by atoms with E-state index in [-0.39, 0.29) is 17.2 Å². The molecule has 12 heteroatoms. The summed E-state index contributed by atoms with van der Waals surface area (Å²) < 4.78 is 7.05. The number of rotatable bonds is 7. The molecule has 150 valence electrons. The maximum Gasteiger partial charge on any atom is 0.293 e. The van der Waals surface area contributed by atoms with Gasteiger partial charge in [0.05, 0.1) is 12.0 Å². The van der Waals surface area contributed by atoms with Crippen LogP contribution in [0.3, 0.4) is 0 Å². The van der Waals surface area contributed by atoms with Crippen molar-refractivity contribution in [3.63, 3.8) is 0 Å². The summed E-state index contributed by atoms with van der Waals surface area (Å²) in [5, 5.41) is 16.3. The van der Waals surface area contributed by atoms with E-state index in [1.54, 1.807) is 12.1 Å². The molecule has 1 N–H and O–H groups in total. The summed E-state index contributed by atoms with van der Waals surface area (Å²) in [6, 6.07) is 4.69. The molecule has 0 fully saturated rings. The van der Waals surface area contributed by atoms with Crippen LogP contribution in [0.5, 0.6) is 0 Å². The third kappa shape index (κ3) is 4.71. The Morgan fingerprint density at radius 2 is 2.21 bits per heavy atom. The largest absolute Gasteiger partial charge is 0.459 e. The van der Waals surface area contributed by atoms with Gasteiger partial charge in [0.2, 0.25) is 10.1 Å². The minimum atomic E-state index is -0.384. The Morgan fingerprint density at radius 1 is 1.34 bits per heavy atom. The molecular formula is C17H16N6O3S3. The number of anilines is 1. The minimum absolute atomic E-state index is 0.194. The van der Waals surface area contributed by atoms with Crippen molar-refractivity contribution in [3.05, 3.63) is 51.3 Å². The van der Waals surface area contributed by atoms with E-state index in [9.17, 15) is 9.59 Å². The summed E-state index contributed by atoms with van der Waals surface area (Å²) >= 11 is 4.08. The smallest absolute Gasteiger partial charge is 0.293 e. The number of fused-ring (bicyclic) bond motifs is 1. The first-order valence-corrected chi connectivity index (χ1v) is 11.3. The maximum absolute atomic E-state index is 12.3. The summed E-state index contributed by atoms with van der Waals surface area (Å²) in [5.41, 5.74) is 0.455. The van der Waals surface area contributed by atoms with E-state index in [0.29, 0.717) is 31.8 Å². The summed E-state index contributed by atoms with van der Waals surface area (Å²) in [6.45, 7) is 4.22. The molecule has 1 amide bonds. The molecule has 0 radical (unpaired) electrons. The van der Waals surface area contributed by atoms with Crippen LogP contribution in [0.1, 0.15) is 35.1 Å². The molecule has 0 spiro atoms. The number of amides is 1. The molecule has 0 aliphatic carbocycles. The quantitative estimate of drug-likeness (QED) is 0.338. The van der Waals surface area contributed by atoms with E-state index in [2.05, 4.69) is 39.4 Å². The van der Waals surface area contributed by atoms with Gasteiger partial charge in [0, 0.05) is 18.2 Å². The molecule has 0 saturated heterocycles. The number of hydrogen-bond donors (Lipinski definition) is 1. The van der Waals surface area contributed by atoms with Gasteiger partial charge in [-0.25, -0.2) is 4.98 Å². The first-order valence-electron chi connectivity index (χ1n) is 8.68. The summed E-state index contributed by atoms with van der Waals surface area (Å²) in [4.78, 5) is 29.4. The van der Waals surface area contributed by atoms with Gasteiger partial charge in [0.25, 0.3) is 11.5 Å². The maximum atomic E-state index is 12.3. The number of furan rings is 1. The van der Waals surface area contributed by atoms with Crippen LogP contribution in [0, 0.1) is 5.92 Å². The lowest BCUT2D eigenvalue weighted by Crippen LogP contribution is -2.15. The molecule has 4 aromatic rings. The van der Waals surface area contributed by atoms with Crippen molar-refractivity contribution in [2.45, 2.75) is 30.4 Å². The molecule has 0 unspecified atom stereocenters. The Hall–Kier alpha value is -2.57. The molecule has 9 nitrogen and oxygen atoms in total. The van der Waals surface area contributed by atoms with E-state index in [0.717, 1.165) is 11.4 Å². The Labute approximate surface area is 177 Å². The lowest BCUT2D eigenvalue weighted by Gasteiger charge is -1.98. The second-order valence-electron chi connectivity index (χ2n) is 6.47. The average molecular weight is 449 g/mol. The average Bonchev–Trinajstić information content (AvgIpc) is 3.40. The molecule has 0 aromatic carbocycles. The zero-order chi connectivity index (χ0) is 20.4. The molecular weight excluding hydrogens is 432 g/mol. The fraction of sp³-hybridized carbons (Fsp3) is 0.294. The number of thioether (sulfide) groups is 1. The lowest BCUT2D eigenvalue weighted by molar-refractivity contribution is 0.0996. The molecule has 4 rings (SSSR count). The lowest BCUT2D eigenvalue weighted by atomic mass is 10.1. The number of aromatic nitrogens is 5. The van der Waals surface area contributed by atoms with Gasteiger partial charge in [-0.3, -0.25) is 14.9 Å². The van der Waals surface area contributed by atoms with Crippen molar-refractivity contribution in [2.75, 3.05) is 5.32 Å². The van der Waals surface area contributed by atoms with Crippen molar-refractivity contribution < 1.29 is 9.21 Å². The number of nitrogens with zero attached hydrogens (tertiary/aromatic N) is 5. The highest BCUT2D eigenvalue weighted by Crippen LogP contribution is 2.28. The molecule has 4 heterocycles. The van der Waals surface area contributed by atoms with Gasteiger partial charge >= 0.3 is 0 Å². The van der Waals surface area contributed by atoms with Crippen LogP contribution in [0.2, 0.25) is 0 Å². The Morgan fingerprint density at radius 3 is 2.97 bits per heavy atom. The normalized spacial score (nSPS) is 11.4. The van der Waals surface area contributed by atoms with Crippen LogP contribution < -0.4 is 10.9 Å². The van der Waals surface area contributed by atoms with Gasteiger partial charge in [-0.05, 0) is 18.1 Å². The Kier molecular flexibility index (Phi) is 5.74. The number of nitrogens with one attached hydrogen (secondary N) is 1. The molecule has 0 aliphatic rings.